The maximum Gasteiger partial charge on any atom is 0.167 e. The van der Waals surface area contributed by atoms with Crippen LogP contribution in [0.15, 0.2) is 30.3 Å². The Labute approximate surface area is 158 Å². The van der Waals surface area contributed by atoms with Crippen molar-refractivity contribution in [2.24, 2.45) is 11.8 Å². The smallest absolute Gasteiger partial charge is 0.167 e. The van der Waals surface area contributed by atoms with Gasteiger partial charge in [0.25, 0.3) is 0 Å². The Morgan fingerprint density at radius 1 is 1.15 bits per heavy atom. The second kappa shape index (κ2) is 11.2. The third kappa shape index (κ3) is 6.27. The lowest BCUT2D eigenvalue weighted by molar-refractivity contribution is -0.128. The van der Waals surface area contributed by atoms with Crippen LogP contribution in [0.25, 0.3) is 0 Å². The van der Waals surface area contributed by atoms with E-state index in [2.05, 4.69) is 30.6 Å². The topological polar surface area (TPSA) is 40.5 Å². The van der Waals surface area contributed by atoms with E-state index in [9.17, 15) is 9.90 Å². The third-order valence-corrected chi connectivity index (χ3v) is 5.54. The number of rotatable bonds is 8. The van der Waals surface area contributed by atoms with E-state index in [1.807, 2.05) is 30.3 Å². The van der Waals surface area contributed by atoms with E-state index in [4.69, 9.17) is 0 Å². The Bertz CT molecular complexity index is 592. The van der Waals surface area contributed by atoms with Crippen molar-refractivity contribution in [2.45, 2.75) is 58.5 Å². The molecule has 2 atom stereocenters. The molecule has 1 saturated carbocycles. The van der Waals surface area contributed by atoms with Crippen molar-refractivity contribution in [1.82, 2.24) is 4.90 Å². The quantitative estimate of drug-likeness (QED) is 0.710. The van der Waals surface area contributed by atoms with Crippen LogP contribution in [-0.4, -0.2) is 35.4 Å². The summed E-state index contributed by atoms with van der Waals surface area (Å²) < 4.78 is 0. The molecular formula is C23H33NO2. The zero-order chi connectivity index (χ0) is 18.8. The molecule has 0 saturated heterocycles. The van der Waals surface area contributed by atoms with Gasteiger partial charge in [-0.1, -0.05) is 75.3 Å². The van der Waals surface area contributed by atoms with Crippen LogP contribution < -0.4 is 0 Å². The lowest BCUT2D eigenvalue weighted by Crippen LogP contribution is -2.25. The summed E-state index contributed by atoms with van der Waals surface area (Å²) in [5.41, 5.74) is 0.677. The van der Waals surface area contributed by atoms with Crippen LogP contribution in [0, 0.1) is 23.7 Å². The molecule has 0 aliphatic heterocycles. The van der Waals surface area contributed by atoms with Crippen molar-refractivity contribution in [3.63, 3.8) is 0 Å². The summed E-state index contributed by atoms with van der Waals surface area (Å²) in [6.45, 7) is 7.02. The second-order valence-electron chi connectivity index (χ2n) is 7.27. The van der Waals surface area contributed by atoms with E-state index in [1.54, 1.807) is 0 Å². The molecule has 1 N–H and O–H groups in total. The maximum atomic E-state index is 12.7. The fraction of sp³-hybridized carbons (Fsp3) is 0.609. The number of benzene rings is 1. The highest BCUT2D eigenvalue weighted by Crippen LogP contribution is 2.32. The van der Waals surface area contributed by atoms with Crippen molar-refractivity contribution in [2.75, 3.05) is 19.6 Å². The molecule has 0 bridgehead atoms. The van der Waals surface area contributed by atoms with Crippen LogP contribution in [0.5, 0.6) is 0 Å². The van der Waals surface area contributed by atoms with E-state index < -0.39 is 6.10 Å². The minimum atomic E-state index is -1.04. The van der Waals surface area contributed by atoms with E-state index in [0.717, 1.165) is 32.5 Å². The van der Waals surface area contributed by atoms with Crippen LogP contribution in [0.2, 0.25) is 0 Å². The molecule has 2 unspecified atom stereocenters. The number of hydrogen-bond acceptors (Lipinski definition) is 3. The predicted octanol–water partition coefficient (Wildman–Crippen LogP) is 4.22. The van der Waals surface area contributed by atoms with Gasteiger partial charge in [0.05, 0.1) is 6.54 Å². The van der Waals surface area contributed by atoms with Crippen molar-refractivity contribution < 1.29 is 9.90 Å². The second-order valence-corrected chi connectivity index (χ2v) is 7.27. The SMILES string of the molecule is CCN(CC)CC#CC(CC(=O)C(O)c1ccccc1)C1CCCCC1. The van der Waals surface area contributed by atoms with Crippen LogP contribution >= 0.6 is 0 Å². The largest absolute Gasteiger partial charge is 0.381 e. The summed E-state index contributed by atoms with van der Waals surface area (Å²) in [6, 6.07) is 9.22. The molecule has 3 heteroatoms. The van der Waals surface area contributed by atoms with Crippen LogP contribution in [-0.2, 0) is 4.79 Å². The number of ketones is 1. The number of Topliss-reactive ketones (excluding diaryl/α,β-unsaturated/α-hetero) is 1. The molecule has 1 aliphatic rings. The van der Waals surface area contributed by atoms with E-state index >= 15 is 0 Å². The highest BCUT2D eigenvalue weighted by atomic mass is 16.3. The molecule has 142 valence electrons. The monoisotopic (exact) mass is 355 g/mol. The van der Waals surface area contributed by atoms with Crippen molar-refractivity contribution in [1.29, 1.82) is 0 Å². The van der Waals surface area contributed by atoms with Gasteiger partial charge in [0.2, 0.25) is 0 Å². The normalized spacial score (nSPS) is 17.4. The van der Waals surface area contributed by atoms with E-state index in [0.29, 0.717) is 17.9 Å². The van der Waals surface area contributed by atoms with E-state index in [1.165, 1.54) is 19.3 Å². The standard InChI is InChI=1S/C23H33NO2/c1-3-24(4-2)17-11-16-21(19-12-7-5-8-13-19)18-22(25)23(26)20-14-9-6-10-15-20/h6,9-10,14-15,19,21,23,26H,3-5,7-8,12-13,17-18H2,1-2H3. The summed E-state index contributed by atoms with van der Waals surface area (Å²) in [5.74, 6) is 7.16. The van der Waals surface area contributed by atoms with Gasteiger partial charge in [-0.05, 0) is 37.4 Å². The molecule has 0 heterocycles. The summed E-state index contributed by atoms with van der Waals surface area (Å²) >= 11 is 0. The van der Waals surface area contributed by atoms with Crippen molar-refractivity contribution in [3.8, 4) is 11.8 Å². The first-order valence-electron chi connectivity index (χ1n) is 10.1. The Morgan fingerprint density at radius 3 is 2.42 bits per heavy atom. The average Bonchev–Trinajstić information content (AvgIpc) is 2.71. The highest BCUT2D eigenvalue weighted by molar-refractivity contribution is 5.84. The molecule has 0 spiro atoms. The number of aliphatic hydroxyl groups is 1. The molecule has 3 nitrogen and oxygen atoms in total. The van der Waals surface area contributed by atoms with E-state index in [-0.39, 0.29) is 11.7 Å². The number of carbonyl (C=O) groups excluding carboxylic acids is 1. The van der Waals surface area contributed by atoms with Gasteiger partial charge >= 0.3 is 0 Å². The van der Waals surface area contributed by atoms with Gasteiger partial charge in [-0.3, -0.25) is 9.69 Å². The molecule has 1 fully saturated rings. The van der Waals surface area contributed by atoms with Gasteiger partial charge in [-0.2, -0.15) is 0 Å². The molecule has 2 rings (SSSR count). The number of aliphatic hydroxyl groups excluding tert-OH is 1. The zero-order valence-electron chi connectivity index (χ0n) is 16.3. The lowest BCUT2D eigenvalue weighted by atomic mass is 9.77. The number of carbonyl (C=O) groups is 1. The maximum absolute atomic E-state index is 12.7. The Hall–Kier alpha value is -1.63. The number of nitrogens with zero attached hydrogens (tertiary/aromatic N) is 1. The first-order chi connectivity index (χ1) is 12.7. The third-order valence-electron chi connectivity index (χ3n) is 5.54. The number of hydrogen-bond donors (Lipinski definition) is 1. The highest BCUT2D eigenvalue weighted by Gasteiger charge is 2.27. The molecule has 1 aliphatic carbocycles. The summed E-state index contributed by atoms with van der Waals surface area (Å²) in [6.07, 6.45) is 5.37. The molecule has 0 radical (unpaired) electrons. The van der Waals surface area contributed by atoms with Gasteiger partial charge < -0.3 is 5.11 Å². The zero-order valence-corrected chi connectivity index (χ0v) is 16.3. The summed E-state index contributed by atoms with van der Waals surface area (Å²) in [7, 11) is 0. The predicted molar refractivity (Wildman–Crippen MR) is 107 cm³/mol. The van der Waals surface area contributed by atoms with Gasteiger partial charge in [-0.25, -0.2) is 0 Å². The molecule has 1 aromatic carbocycles. The molecule has 26 heavy (non-hydrogen) atoms. The average molecular weight is 356 g/mol. The first kappa shape index (κ1) is 20.7. The molecular weight excluding hydrogens is 322 g/mol. The van der Waals surface area contributed by atoms with Gasteiger partial charge in [0.1, 0.15) is 6.10 Å². The fourth-order valence-corrected chi connectivity index (χ4v) is 3.76. The molecule has 0 aromatic heterocycles. The Kier molecular flexibility index (Phi) is 8.88. The Morgan fingerprint density at radius 2 is 1.81 bits per heavy atom. The van der Waals surface area contributed by atoms with Crippen LogP contribution in [0.3, 0.4) is 0 Å². The van der Waals surface area contributed by atoms with Gasteiger partial charge in [0.15, 0.2) is 5.78 Å². The van der Waals surface area contributed by atoms with Crippen molar-refractivity contribution >= 4 is 5.78 Å². The summed E-state index contributed by atoms with van der Waals surface area (Å²) in [5, 5.41) is 10.4. The minimum absolute atomic E-state index is 0.0664. The minimum Gasteiger partial charge on any atom is -0.381 e. The fourth-order valence-electron chi connectivity index (χ4n) is 3.76. The van der Waals surface area contributed by atoms with Gasteiger partial charge in [-0.15, -0.1) is 0 Å². The first-order valence-corrected chi connectivity index (χ1v) is 10.1. The van der Waals surface area contributed by atoms with Crippen LogP contribution in [0.1, 0.15) is 64.0 Å². The van der Waals surface area contributed by atoms with Gasteiger partial charge in [0, 0.05) is 12.3 Å². The summed E-state index contributed by atoms with van der Waals surface area (Å²) in [4.78, 5) is 15.0. The lowest BCUT2D eigenvalue weighted by Gasteiger charge is -2.27. The van der Waals surface area contributed by atoms with Crippen LogP contribution in [0.4, 0.5) is 0 Å². The van der Waals surface area contributed by atoms with Crippen molar-refractivity contribution in [3.05, 3.63) is 35.9 Å². The molecule has 0 amide bonds. The Balaban J connectivity index is 2.05. The molecule has 1 aromatic rings.